The summed E-state index contributed by atoms with van der Waals surface area (Å²) in [5, 5.41) is 21.4. The van der Waals surface area contributed by atoms with E-state index < -0.39 is 0 Å². The normalized spacial score (nSPS) is 55.5. The zero-order valence-corrected chi connectivity index (χ0v) is 20.9. The molecule has 5 saturated carbocycles. The molecule has 2 nitrogen and oxygen atoms in total. The standard InChI is InChI=1S/C29H48O2/c1-18(2)19-9-15-29(17-30)16-10-21-20(25(19)29)7-8-23-27(21,5)13-11-22-26(3,4)24(31)12-14-28(22,23)6/h19-25,30-31H,1,7-17H2,2-6H3/t19-,20+,21-,22+,23+,24-,25-,27-,28-,29+/m0/s1. The minimum atomic E-state index is -0.138. The molecule has 0 radical (unpaired) electrons. The van der Waals surface area contributed by atoms with Crippen molar-refractivity contribution in [2.24, 2.45) is 57.2 Å². The molecule has 5 rings (SSSR count). The lowest BCUT2D eigenvalue weighted by atomic mass is 9.36. The van der Waals surface area contributed by atoms with Gasteiger partial charge in [0.2, 0.25) is 0 Å². The molecule has 0 amide bonds. The number of allylic oxidation sites excluding steroid dienone is 1. The van der Waals surface area contributed by atoms with Gasteiger partial charge in [-0.3, -0.25) is 0 Å². The molecule has 0 aromatic heterocycles. The number of aliphatic hydroxyl groups is 2. The summed E-state index contributed by atoms with van der Waals surface area (Å²) in [6.45, 7) is 17.0. The fraction of sp³-hybridized carbons (Fsp3) is 0.931. The molecule has 10 atom stereocenters. The summed E-state index contributed by atoms with van der Waals surface area (Å²) in [6.07, 6.45) is 12.4. The van der Waals surface area contributed by atoms with E-state index in [4.69, 9.17) is 0 Å². The van der Waals surface area contributed by atoms with E-state index in [1.807, 2.05) is 0 Å². The van der Waals surface area contributed by atoms with Crippen LogP contribution in [0.5, 0.6) is 0 Å². The van der Waals surface area contributed by atoms with Crippen LogP contribution in [0.15, 0.2) is 12.2 Å². The largest absolute Gasteiger partial charge is 0.396 e. The summed E-state index contributed by atoms with van der Waals surface area (Å²) in [6, 6.07) is 0. The number of fused-ring (bicyclic) bond motifs is 7. The van der Waals surface area contributed by atoms with Crippen LogP contribution >= 0.6 is 0 Å². The maximum absolute atomic E-state index is 10.8. The van der Waals surface area contributed by atoms with Crippen molar-refractivity contribution in [3.8, 4) is 0 Å². The molecular formula is C29H48O2. The van der Waals surface area contributed by atoms with Crippen molar-refractivity contribution in [3.05, 3.63) is 12.2 Å². The summed E-state index contributed by atoms with van der Waals surface area (Å²) in [5.41, 5.74) is 2.38. The van der Waals surface area contributed by atoms with Gasteiger partial charge in [-0.05, 0) is 128 Å². The number of hydrogen-bond acceptors (Lipinski definition) is 2. The highest BCUT2D eigenvalue weighted by atomic mass is 16.3. The third kappa shape index (κ3) is 2.82. The monoisotopic (exact) mass is 428 g/mol. The summed E-state index contributed by atoms with van der Waals surface area (Å²) in [4.78, 5) is 0. The smallest absolute Gasteiger partial charge is 0.0594 e. The summed E-state index contributed by atoms with van der Waals surface area (Å²) in [7, 11) is 0. The van der Waals surface area contributed by atoms with Crippen molar-refractivity contribution in [2.45, 2.75) is 105 Å². The van der Waals surface area contributed by atoms with Gasteiger partial charge in [-0.15, -0.1) is 0 Å². The molecular weight excluding hydrogens is 380 g/mol. The molecule has 0 spiro atoms. The van der Waals surface area contributed by atoms with E-state index >= 15 is 0 Å². The molecule has 0 heterocycles. The quantitative estimate of drug-likeness (QED) is 0.486. The maximum Gasteiger partial charge on any atom is 0.0594 e. The molecule has 5 aliphatic rings. The van der Waals surface area contributed by atoms with E-state index in [9.17, 15) is 10.2 Å². The second-order valence-corrected chi connectivity index (χ2v) is 14.0. The van der Waals surface area contributed by atoms with E-state index in [2.05, 4.69) is 41.2 Å². The minimum Gasteiger partial charge on any atom is -0.396 e. The predicted octanol–water partition coefficient (Wildman–Crippen LogP) is 6.61. The second-order valence-electron chi connectivity index (χ2n) is 14.0. The first-order chi connectivity index (χ1) is 14.5. The Hall–Kier alpha value is -0.340. The second kappa shape index (κ2) is 7.08. The van der Waals surface area contributed by atoms with Crippen LogP contribution in [0, 0.1) is 57.2 Å². The Morgan fingerprint density at radius 1 is 0.839 bits per heavy atom. The van der Waals surface area contributed by atoms with Crippen LogP contribution in [-0.2, 0) is 0 Å². The lowest BCUT2D eigenvalue weighted by Crippen LogP contribution is -2.63. The van der Waals surface area contributed by atoms with E-state index in [-0.39, 0.29) is 16.9 Å². The lowest BCUT2D eigenvalue weighted by Gasteiger charge is -2.69. The van der Waals surface area contributed by atoms with Gasteiger partial charge in [-0.25, -0.2) is 0 Å². The Bertz CT molecular complexity index is 741. The first kappa shape index (κ1) is 22.5. The van der Waals surface area contributed by atoms with E-state index in [1.165, 1.54) is 63.4 Å². The number of aliphatic hydroxyl groups excluding tert-OH is 2. The third-order valence-electron chi connectivity index (χ3n) is 12.7. The zero-order chi connectivity index (χ0) is 22.4. The topological polar surface area (TPSA) is 40.5 Å². The molecule has 0 unspecified atom stereocenters. The third-order valence-corrected chi connectivity index (χ3v) is 12.7. The average Bonchev–Trinajstić information content (AvgIpc) is 3.11. The molecule has 0 aromatic rings. The highest BCUT2D eigenvalue weighted by Crippen LogP contribution is 2.73. The summed E-state index contributed by atoms with van der Waals surface area (Å²) in [5.74, 6) is 4.29. The van der Waals surface area contributed by atoms with Gasteiger partial charge in [0.05, 0.1) is 6.10 Å². The van der Waals surface area contributed by atoms with Crippen LogP contribution in [0.25, 0.3) is 0 Å². The SMILES string of the molecule is C=C(C)[C@@H]1CC[C@]2(CO)CC[C@H]3[C@@H](CC[C@H]4[C@@]5(C)CC[C@H](O)C(C)(C)[C@H]5CC[C@]43C)[C@H]12. The van der Waals surface area contributed by atoms with Gasteiger partial charge in [-0.1, -0.05) is 39.8 Å². The molecule has 0 saturated heterocycles. The Kier molecular flexibility index (Phi) is 5.13. The lowest BCUT2D eigenvalue weighted by molar-refractivity contribution is -0.217. The molecule has 31 heavy (non-hydrogen) atoms. The Balaban J connectivity index is 1.50. The Morgan fingerprint density at radius 2 is 1.52 bits per heavy atom. The van der Waals surface area contributed by atoms with Crippen molar-refractivity contribution >= 4 is 0 Å². The van der Waals surface area contributed by atoms with Crippen LogP contribution in [0.1, 0.15) is 98.8 Å². The van der Waals surface area contributed by atoms with Gasteiger partial charge in [0, 0.05) is 6.61 Å². The van der Waals surface area contributed by atoms with Crippen LogP contribution in [0.4, 0.5) is 0 Å². The molecule has 0 aromatic carbocycles. The molecule has 5 aliphatic carbocycles. The van der Waals surface area contributed by atoms with Crippen LogP contribution in [-0.4, -0.2) is 22.9 Å². The van der Waals surface area contributed by atoms with Crippen molar-refractivity contribution in [2.75, 3.05) is 6.61 Å². The van der Waals surface area contributed by atoms with Gasteiger partial charge in [0.15, 0.2) is 0 Å². The summed E-state index contributed by atoms with van der Waals surface area (Å²) < 4.78 is 0. The Morgan fingerprint density at radius 3 is 2.19 bits per heavy atom. The average molecular weight is 429 g/mol. The number of rotatable bonds is 2. The molecule has 2 heteroatoms. The van der Waals surface area contributed by atoms with Crippen molar-refractivity contribution < 1.29 is 10.2 Å². The van der Waals surface area contributed by atoms with Gasteiger partial charge < -0.3 is 10.2 Å². The van der Waals surface area contributed by atoms with E-state index in [0.717, 1.165) is 24.2 Å². The minimum absolute atomic E-state index is 0.0420. The predicted molar refractivity (Wildman–Crippen MR) is 127 cm³/mol. The molecule has 2 N–H and O–H groups in total. The van der Waals surface area contributed by atoms with Crippen molar-refractivity contribution in [1.29, 1.82) is 0 Å². The highest BCUT2D eigenvalue weighted by molar-refractivity contribution is 5.18. The van der Waals surface area contributed by atoms with Crippen LogP contribution in [0.3, 0.4) is 0 Å². The molecule has 176 valence electrons. The van der Waals surface area contributed by atoms with E-state index in [1.54, 1.807) is 0 Å². The molecule has 0 aliphatic heterocycles. The fourth-order valence-corrected chi connectivity index (χ4v) is 11.2. The van der Waals surface area contributed by atoms with Gasteiger partial charge in [0.1, 0.15) is 0 Å². The van der Waals surface area contributed by atoms with Gasteiger partial charge in [-0.2, -0.15) is 0 Å². The zero-order valence-electron chi connectivity index (χ0n) is 20.9. The van der Waals surface area contributed by atoms with Crippen LogP contribution < -0.4 is 0 Å². The first-order valence-electron chi connectivity index (χ1n) is 13.5. The van der Waals surface area contributed by atoms with Crippen molar-refractivity contribution in [1.82, 2.24) is 0 Å². The Labute approximate surface area is 191 Å². The van der Waals surface area contributed by atoms with Gasteiger partial charge >= 0.3 is 0 Å². The van der Waals surface area contributed by atoms with Gasteiger partial charge in [0.25, 0.3) is 0 Å². The van der Waals surface area contributed by atoms with E-state index in [0.29, 0.717) is 35.2 Å². The highest BCUT2D eigenvalue weighted by Gasteiger charge is 2.67. The fourth-order valence-electron chi connectivity index (χ4n) is 11.2. The molecule has 0 bridgehead atoms. The van der Waals surface area contributed by atoms with Crippen molar-refractivity contribution in [3.63, 3.8) is 0 Å². The first-order valence-corrected chi connectivity index (χ1v) is 13.5. The molecule has 5 fully saturated rings. The number of hydrogen-bond donors (Lipinski definition) is 2. The summed E-state index contributed by atoms with van der Waals surface area (Å²) >= 11 is 0. The maximum atomic E-state index is 10.8. The van der Waals surface area contributed by atoms with Crippen LogP contribution in [0.2, 0.25) is 0 Å².